The van der Waals surface area contributed by atoms with Crippen molar-refractivity contribution in [2.75, 3.05) is 0 Å². The summed E-state index contributed by atoms with van der Waals surface area (Å²) in [5.41, 5.74) is 5.70. The zero-order chi connectivity index (χ0) is 9.53. The van der Waals surface area contributed by atoms with Gasteiger partial charge in [0.05, 0.1) is 5.54 Å². The number of halogens is 2. The second kappa shape index (κ2) is 2.48. The van der Waals surface area contributed by atoms with Crippen LogP contribution in [0.25, 0.3) is 0 Å². The molecule has 1 fully saturated rings. The monoisotopic (exact) mass is 184 g/mol. The highest BCUT2D eigenvalue weighted by Crippen LogP contribution is 2.49. The molecule has 1 aromatic rings. The number of pyridine rings is 1. The molecule has 2 nitrogen and oxygen atoms in total. The lowest BCUT2D eigenvalue weighted by Gasteiger charge is -2.44. The topological polar surface area (TPSA) is 38.9 Å². The van der Waals surface area contributed by atoms with Gasteiger partial charge in [-0.2, -0.15) is 0 Å². The summed E-state index contributed by atoms with van der Waals surface area (Å²) in [6.07, 6.45) is 2.62. The number of hydrogen-bond donors (Lipinski definition) is 1. The van der Waals surface area contributed by atoms with Gasteiger partial charge in [0, 0.05) is 25.2 Å². The first-order valence-corrected chi connectivity index (χ1v) is 4.09. The average molecular weight is 184 g/mol. The molecule has 1 aliphatic carbocycles. The molecule has 0 atom stereocenters. The van der Waals surface area contributed by atoms with E-state index in [4.69, 9.17) is 5.73 Å². The van der Waals surface area contributed by atoms with Gasteiger partial charge < -0.3 is 5.73 Å². The highest BCUT2D eigenvalue weighted by Gasteiger charge is 2.55. The van der Waals surface area contributed by atoms with Crippen LogP contribution in [0.3, 0.4) is 0 Å². The lowest BCUT2D eigenvalue weighted by molar-refractivity contribution is -0.125. The molecule has 0 aliphatic heterocycles. The quantitative estimate of drug-likeness (QED) is 0.721. The van der Waals surface area contributed by atoms with Crippen LogP contribution in [-0.4, -0.2) is 10.9 Å². The maximum Gasteiger partial charge on any atom is 0.252 e. The Kier molecular flexibility index (Phi) is 1.63. The minimum absolute atomic E-state index is 0.260. The molecule has 2 N–H and O–H groups in total. The molecule has 1 heterocycles. The van der Waals surface area contributed by atoms with Gasteiger partial charge in [0.25, 0.3) is 5.92 Å². The minimum atomic E-state index is -2.59. The van der Waals surface area contributed by atoms with E-state index in [9.17, 15) is 8.78 Å². The summed E-state index contributed by atoms with van der Waals surface area (Å²) in [6.45, 7) is 0. The summed E-state index contributed by atoms with van der Waals surface area (Å²) in [6, 6.07) is 3.38. The molecule has 1 aliphatic rings. The van der Waals surface area contributed by atoms with Crippen LogP contribution in [-0.2, 0) is 5.54 Å². The fourth-order valence-corrected chi connectivity index (χ4v) is 1.76. The van der Waals surface area contributed by atoms with E-state index in [-0.39, 0.29) is 12.8 Å². The van der Waals surface area contributed by atoms with E-state index in [1.54, 1.807) is 24.5 Å². The van der Waals surface area contributed by atoms with Crippen molar-refractivity contribution in [1.29, 1.82) is 0 Å². The summed E-state index contributed by atoms with van der Waals surface area (Å²) >= 11 is 0. The van der Waals surface area contributed by atoms with Gasteiger partial charge in [-0.3, -0.25) is 4.98 Å². The Bertz CT molecular complexity index is 303. The van der Waals surface area contributed by atoms with Crippen molar-refractivity contribution in [1.82, 2.24) is 4.98 Å². The summed E-state index contributed by atoms with van der Waals surface area (Å²) in [5.74, 6) is -2.59. The molecule has 0 radical (unpaired) electrons. The van der Waals surface area contributed by atoms with E-state index in [0.717, 1.165) is 5.56 Å². The Balaban J connectivity index is 2.21. The number of alkyl halides is 2. The molecule has 0 aromatic carbocycles. The van der Waals surface area contributed by atoms with Crippen molar-refractivity contribution >= 4 is 0 Å². The van der Waals surface area contributed by atoms with Crippen LogP contribution in [0, 0.1) is 0 Å². The van der Waals surface area contributed by atoms with Crippen LogP contribution < -0.4 is 5.73 Å². The lowest BCUT2D eigenvalue weighted by Crippen LogP contribution is -2.55. The van der Waals surface area contributed by atoms with Crippen molar-refractivity contribution in [3.8, 4) is 0 Å². The van der Waals surface area contributed by atoms with Crippen molar-refractivity contribution < 1.29 is 8.78 Å². The Morgan fingerprint density at radius 3 is 2.23 bits per heavy atom. The Morgan fingerprint density at radius 2 is 1.77 bits per heavy atom. The van der Waals surface area contributed by atoms with E-state index in [2.05, 4.69) is 4.98 Å². The predicted octanol–water partition coefficient (Wildman–Crippen LogP) is 1.66. The van der Waals surface area contributed by atoms with Crippen molar-refractivity contribution in [2.45, 2.75) is 24.3 Å². The van der Waals surface area contributed by atoms with Gasteiger partial charge in [0.2, 0.25) is 0 Å². The van der Waals surface area contributed by atoms with Crippen LogP contribution in [0.2, 0.25) is 0 Å². The van der Waals surface area contributed by atoms with E-state index in [0.29, 0.717) is 0 Å². The molecule has 0 saturated heterocycles. The van der Waals surface area contributed by atoms with Crippen LogP contribution in [0.1, 0.15) is 18.4 Å². The minimum Gasteiger partial charge on any atom is -0.321 e. The molecule has 4 heteroatoms. The largest absolute Gasteiger partial charge is 0.321 e. The first-order valence-electron chi connectivity index (χ1n) is 4.09. The summed E-state index contributed by atoms with van der Waals surface area (Å²) in [7, 11) is 0. The zero-order valence-corrected chi connectivity index (χ0v) is 7.00. The summed E-state index contributed by atoms with van der Waals surface area (Å²) in [5, 5.41) is 0. The molecule has 13 heavy (non-hydrogen) atoms. The van der Waals surface area contributed by atoms with E-state index in [1.165, 1.54) is 0 Å². The molecule has 2 rings (SSSR count). The maximum absolute atomic E-state index is 12.6. The molecular formula is C9H10F2N2. The molecule has 1 aromatic heterocycles. The molecule has 70 valence electrons. The molecule has 0 amide bonds. The fourth-order valence-electron chi connectivity index (χ4n) is 1.76. The SMILES string of the molecule is NC1(c2ccncc2)CC(F)(F)C1. The van der Waals surface area contributed by atoms with Gasteiger partial charge in [-0.05, 0) is 17.7 Å². The number of nitrogens with zero attached hydrogens (tertiary/aromatic N) is 1. The Morgan fingerprint density at radius 1 is 1.23 bits per heavy atom. The number of hydrogen-bond acceptors (Lipinski definition) is 2. The third kappa shape index (κ3) is 1.42. The second-order valence-corrected chi connectivity index (χ2v) is 3.60. The van der Waals surface area contributed by atoms with Crippen molar-refractivity contribution in [2.24, 2.45) is 5.73 Å². The zero-order valence-electron chi connectivity index (χ0n) is 7.00. The highest BCUT2D eigenvalue weighted by molar-refractivity contribution is 5.26. The Labute approximate surface area is 74.8 Å². The van der Waals surface area contributed by atoms with Crippen LogP contribution in [0.4, 0.5) is 8.78 Å². The van der Waals surface area contributed by atoms with E-state index >= 15 is 0 Å². The van der Waals surface area contributed by atoms with Gasteiger partial charge in [-0.15, -0.1) is 0 Å². The van der Waals surface area contributed by atoms with Gasteiger partial charge in [0.1, 0.15) is 0 Å². The van der Waals surface area contributed by atoms with Crippen molar-refractivity contribution in [3.05, 3.63) is 30.1 Å². The summed E-state index contributed by atoms with van der Waals surface area (Å²) < 4.78 is 25.2. The summed E-state index contributed by atoms with van der Waals surface area (Å²) in [4.78, 5) is 3.81. The van der Waals surface area contributed by atoms with Gasteiger partial charge in [-0.1, -0.05) is 0 Å². The molecule has 0 unspecified atom stereocenters. The lowest BCUT2D eigenvalue weighted by atomic mass is 9.70. The third-order valence-electron chi connectivity index (χ3n) is 2.40. The van der Waals surface area contributed by atoms with Crippen LogP contribution in [0.15, 0.2) is 24.5 Å². The second-order valence-electron chi connectivity index (χ2n) is 3.60. The average Bonchev–Trinajstić information content (AvgIpc) is 2.02. The maximum atomic E-state index is 12.6. The van der Waals surface area contributed by atoms with Gasteiger partial charge in [-0.25, -0.2) is 8.78 Å². The molecule has 0 bridgehead atoms. The number of nitrogens with two attached hydrogens (primary N) is 1. The van der Waals surface area contributed by atoms with Crippen LogP contribution in [0.5, 0.6) is 0 Å². The smallest absolute Gasteiger partial charge is 0.252 e. The third-order valence-corrected chi connectivity index (χ3v) is 2.40. The van der Waals surface area contributed by atoms with Gasteiger partial charge in [0.15, 0.2) is 0 Å². The first kappa shape index (κ1) is 8.56. The number of aromatic nitrogens is 1. The normalized spacial score (nSPS) is 23.6. The van der Waals surface area contributed by atoms with Crippen molar-refractivity contribution in [3.63, 3.8) is 0 Å². The molecule has 1 saturated carbocycles. The predicted molar refractivity (Wildman–Crippen MR) is 44.3 cm³/mol. The van der Waals surface area contributed by atoms with Crippen LogP contribution >= 0.6 is 0 Å². The number of rotatable bonds is 1. The molecular weight excluding hydrogens is 174 g/mol. The Hall–Kier alpha value is -1.03. The molecule has 0 spiro atoms. The van der Waals surface area contributed by atoms with E-state index in [1.807, 2.05) is 0 Å². The first-order chi connectivity index (χ1) is 6.02. The standard InChI is InChI=1S/C9H10F2N2/c10-9(11)5-8(12,6-9)7-1-3-13-4-2-7/h1-4H,5-6,12H2. The highest BCUT2D eigenvalue weighted by atomic mass is 19.3. The fraction of sp³-hybridized carbons (Fsp3) is 0.444. The van der Waals surface area contributed by atoms with E-state index < -0.39 is 11.5 Å². The van der Waals surface area contributed by atoms with Gasteiger partial charge >= 0.3 is 0 Å².